The van der Waals surface area contributed by atoms with E-state index in [0.29, 0.717) is 16.1 Å². The molecule has 4 nitrogen and oxygen atoms in total. The molecule has 0 amide bonds. The topological polar surface area (TPSA) is 63.9 Å². The van der Waals surface area contributed by atoms with Gasteiger partial charge in [0.1, 0.15) is 17.2 Å². The molecule has 3 aromatic rings. The van der Waals surface area contributed by atoms with Crippen LogP contribution >= 0.6 is 11.6 Å². The average Bonchev–Trinajstić information content (AvgIpc) is 2.79. The molecule has 0 fully saturated rings. The lowest BCUT2D eigenvalue weighted by molar-refractivity contribution is 0.441. The van der Waals surface area contributed by atoms with Gasteiger partial charge in [0, 0.05) is 24.5 Å². The maximum absolute atomic E-state index is 13.7. The van der Waals surface area contributed by atoms with Crippen LogP contribution in [0.2, 0.25) is 5.02 Å². The Morgan fingerprint density at radius 3 is 2.80 bits per heavy atom. The highest BCUT2D eigenvalue weighted by Gasteiger charge is 2.14. The maximum atomic E-state index is 13.7. The number of hydrogen-bond donors (Lipinski definition) is 2. The molecule has 0 saturated carbocycles. The van der Waals surface area contributed by atoms with Crippen LogP contribution in [0.5, 0.6) is 11.5 Å². The van der Waals surface area contributed by atoms with E-state index < -0.39 is 11.6 Å². The van der Waals surface area contributed by atoms with E-state index in [0.717, 1.165) is 12.1 Å². The van der Waals surface area contributed by atoms with E-state index >= 15 is 0 Å². The van der Waals surface area contributed by atoms with Gasteiger partial charge in [-0.15, -0.1) is 0 Å². The smallest absolute Gasteiger partial charge is 0.167 e. The molecule has 0 spiro atoms. The minimum Gasteiger partial charge on any atom is -0.453 e. The first-order chi connectivity index (χ1) is 9.56. The number of ether oxygens (including phenoxy) is 1. The Bertz CT molecular complexity index is 804. The summed E-state index contributed by atoms with van der Waals surface area (Å²) >= 11 is 6.00. The summed E-state index contributed by atoms with van der Waals surface area (Å²) in [5, 5.41) is 0.866. The molecular weight excluding hydrogens is 288 g/mol. The van der Waals surface area contributed by atoms with Crippen molar-refractivity contribution >= 4 is 28.3 Å². The highest BCUT2D eigenvalue weighted by molar-refractivity contribution is 6.36. The molecule has 2 heterocycles. The van der Waals surface area contributed by atoms with E-state index in [1.165, 1.54) is 18.5 Å². The van der Waals surface area contributed by atoms with E-state index in [1.54, 1.807) is 0 Å². The second-order valence-corrected chi connectivity index (χ2v) is 4.48. The molecular formula is C13H8ClF2N3O. The second-order valence-electron chi connectivity index (χ2n) is 4.08. The zero-order valence-corrected chi connectivity index (χ0v) is 10.7. The number of hydrogen-bond acceptors (Lipinski definition) is 3. The summed E-state index contributed by atoms with van der Waals surface area (Å²) in [4.78, 5) is 6.89. The van der Waals surface area contributed by atoms with Crippen LogP contribution in [0.3, 0.4) is 0 Å². The van der Waals surface area contributed by atoms with Crippen LogP contribution in [0.4, 0.5) is 14.5 Å². The number of rotatable bonds is 2. The first kappa shape index (κ1) is 12.7. The average molecular weight is 296 g/mol. The highest BCUT2D eigenvalue weighted by Crippen LogP contribution is 2.35. The largest absolute Gasteiger partial charge is 0.453 e. The number of aromatic amines is 1. The molecule has 0 aliphatic carbocycles. The van der Waals surface area contributed by atoms with Crippen LogP contribution in [-0.2, 0) is 0 Å². The molecule has 3 N–H and O–H groups in total. The third-order valence-electron chi connectivity index (χ3n) is 2.76. The Kier molecular flexibility index (Phi) is 2.94. The molecule has 0 atom stereocenters. The molecule has 102 valence electrons. The van der Waals surface area contributed by atoms with Crippen LogP contribution < -0.4 is 10.5 Å². The van der Waals surface area contributed by atoms with Crippen LogP contribution in [0.15, 0.2) is 30.6 Å². The summed E-state index contributed by atoms with van der Waals surface area (Å²) in [5.41, 5.74) is 5.48. The molecule has 0 aliphatic rings. The first-order valence-corrected chi connectivity index (χ1v) is 5.98. The van der Waals surface area contributed by atoms with Crippen LogP contribution in [-0.4, -0.2) is 9.97 Å². The number of H-pyrrole nitrogens is 1. The molecule has 1 aromatic carbocycles. The highest BCUT2D eigenvalue weighted by atomic mass is 35.5. The first-order valence-electron chi connectivity index (χ1n) is 5.60. The zero-order valence-electron chi connectivity index (χ0n) is 9.95. The summed E-state index contributed by atoms with van der Waals surface area (Å²) in [7, 11) is 0. The van der Waals surface area contributed by atoms with Crippen molar-refractivity contribution in [2.24, 2.45) is 0 Å². The maximum Gasteiger partial charge on any atom is 0.167 e. The van der Waals surface area contributed by atoms with Gasteiger partial charge in [0.05, 0.1) is 16.1 Å². The standard InChI is InChI=1S/C13H8ClF2N3O/c14-6-5-19-13-12(6)10(1-2-18-13)20-11-4-7(15)9(17)3-8(11)16/h1-5H,17H2,(H,18,19). The third kappa shape index (κ3) is 2.04. The van der Waals surface area contributed by atoms with Crippen molar-refractivity contribution in [1.29, 1.82) is 0 Å². The Balaban J connectivity index is 2.10. The number of nitrogens with two attached hydrogens (primary N) is 1. The van der Waals surface area contributed by atoms with Gasteiger partial charge in [-0.1, -0.05) is 11.6 Å². The fraction of sp³-hybridized carbons (Fsp3) is 0. The molecule has 3 rings (SSSR count). The molecule has 0 unspecified atom stereocenters. The fourth-order valence-corrected chi connectivity index (χ4v) is 2.05. The Morgan fingerprint density at radius 1 is 1.20 bits per heavy atom. The van der Waals surface area contributed by atoms with Gasteiger partial charge in [-0.25, -0.2) is 13.8 Å². The van der Waals surface area contributed by atoms with E-state index in [4.69, 9.17) is 22.1 Å². The van der Waals surface area contributed by atoms with E-state index in [1.807, 2.05) is 0 Å². The number of aromatic nitrogens is 2. The van der Waals surface area contributed by atoms with Crippen molar-refractivity contribution in [1.82, 2.24) is 9.97 Å². The summed E-state index contributed by atoms with van der Waals surface area (Å²) in [6, 6.07) is 3.26. The van der Waals surface area contributed by atoms with Crippen molar-refractivity contribution in [3.05, 3.63) is 47.2 Å². The molecule has 2 aromatic heterocycles. The minimum absolute atomic E-state index is 0.268. The van der Waals surface area contributed by atoms with Gasteiger partial charge < -0.3 is 15.5 Å². The fourth-order valence-electron chi connectivity index (χ4n) is 1.81. The van der Waals surface area contributed by atoms with Crippen molar-refractivity contribution < 1.29 is 13.5 Å². The zero-order chi connectivity index (χ0) is 14.3. The predicted molar refractivity (Wildman–Crippen MR) is 71.9 cm³/mol. The predicted octanol–water partition coefficient (Wildman–Crippen LogP) is 3.87. The third-order valence-corrected chi connectivity index (χ3v) is 3.06. The number of nitrogens with one attached hydrogen (secondary N) is 1. The number of benzene rings is 1. The lowest BCUT2D eigenvalue weighted by Gasteiger charge is -2.09. The van der Waals surface area contributed by atoms with Crippen LogP contribution in [0.25, 0.3) is 11.0 Å². The molecule has 0 radical (unpaired) electrons. The van der Waals surface area contributed by atoms with Gasteiger partial charge in [0.15, 0.2) is 11.6 Å². The molecule has 0 saturated heterocycles. The number of fused-ring (bicyclic) bond motifs is 1. The molecule has 0 bridgehead atoms. The van der Waals surface area contributed by atoms with E-state index in [9.17, 15) is 8.78 Å². The van der Waals surface area contributed by atoms with Gasteiger partial charge in [-0.3, -0.25) is 0 Å². The number of nitrogens with zero attached hydrogens (tertiary/aromatic N) is 1. The Morgan fingerprint density at radius 2 is 2.00 bits per heavy atom. The number of halogens is 3. The Hall–Kier alpha value is -2.34. The normalized spacial score (nSPS) is 10.9. The Labute approximate surface area is 117 Å². The van der Waals surface area contributed by atoms with Gasteiger partial charge in [-0.2, -0.15) is 0 Å². The van der Waals surface area contributed by atoms with E-state index in [-0.39, 0.29) is 17.2 Å². The quantitative estimate of drug-likeness (QED) is 0.705. The van der Waals surface area contributed by atoms with Crippen molar-refractivity contribution in [3.63, 3.8) is 0 Å². The van der Waals surface area contributed by atoms with Crippen molar-refractivity contribution in [2.75, 3.05) is 5.73 Å². The van der Waals surface area contributed by atoms with Crippen LogP contribution in [0.1, 0.15) is 0 Å². The number of anilines is 1. The van der Waals surface area contributed by atoms with Gasteiger partial charge in [-0.05, 0) is 6.07 Å². The van der Waals surface area contributed by atoms with Gasteiger partial charge >= 0.3 is 0 Å². The molecule has 0 aliphatic heterocycles. The van der Waals surface area contributed by atoms with Crippen LogP contribution in [0, 0.1) is 11.6 Å². The SMILES string of the molecule is Nc1cc(F)c(Oc2ccnc3[nH]cc(Cl)c23)cc1F. The van der Waals surface area contributed by atoms with Crippen molar-refractivity contribution in [3.8, 4) is 11.5 Å². The van der Waals surface area contributed by atoms with Gasteiger partial charge in [0.2, 0.25) is 0 Å². The van der Waals surface area contributed by atoms with Gasteiger partial charge in [0.25, 0.3) is 0 Å². The number of pyridine rings is 1. The second kappa shape index (κ2) is 4.64. The lowest BCUT2D eigenvalue weighted by atomic mass is 10.2. The van der Waals surface area contributed by atoms with E-state index in [2.05, 4.69) is 9.97 Å². The summed E-state index contributed by atoms with van der Waals surface area (Å²) in [6.07, 6.45) is 3.00. The lowest BCUT2D eigenvalue weighted by Crippen LogP contribution is -1.96. The van der Waals surface area contributed by atoms with Crippen molar-refractivity contribution in [2.45, 2.75) is 0 Å². The summed E-state index contributed by atoms with van der Waals surface area (Å²) in [5.74, 6) is -1.53. The summed E-state index contributed by atoms with van der Waals surface area (Å²) < 4.78 is 32.5. The monoisotopic (exact) mass is 295 g/mol. The molecule has 20 heavy (non-hydrogen) atoms. The summed E-state index contributed by atoms with van der Waals surface area (Å²) in [6.45, 7) is 0. The number of nitrogen functional groups attached to an aromatic ring is 1. The minimum atomic E-state index is -0.763. The molecule has 7 heteroatoms.